The van der Waals surface area contributed by atoms with E-state index in [0.717, 1.165) is 33.4 Å². The minimum absolute atomic E-state index is 0.273. The Bertz CT molecular complexity index is 1470. The van der Waals surface area contributed by atoms with E-state index in [-0.39, 0.29) is 18.7 Å². The molecule has 0 spiro atoms. The molecule has 0 bridgehead atoms. The molecule has 1 saturated carbocycles. The van der Waals surface area contributed by atoms with Gasteiger partial charge in [-0.15, -0.1) is 0 Å². The lowest BCUT2D eigenvalue weighted by Gasteiger charge is -2.17. The van der Waals surface area contributed by atoms with Crippen LogP contribution < -0.4 is 0 Å². The smallest absolute Gasteiger partial charge is 0.410 e. The number of carbonyl (C=O) groups is 2. The first kappa shape index (κ1) is 23.0. The molecule has 2 fully saturated rings. The second-order valence-corrected chi connectivity index (χ2v) is 9.75. The summed E-state index contributed by atoms with van der Waals surface area (Å²) < 4.78 is 11.5. The summed E-state index contributed by atoms with van der Waals surface area (Å²) in [4.78, 5) is 26.5. The van der Waals surface area contributed by atoms with Crippen molar-refractivity contribution in [3.63, 3.8) is 0 Å². The first-order chi connectivity index (χ1) is 18.0. The SMILES string of the molecule is Cc1noc(-c2cc(C3(C(=O)O)CC3)ccc2-c2ccccc2)c1CN1CC(c2ccccc2)OC1=O. The average molecular weight is 495 g/mol. The van der Waals surface area contributed by atoms with Crippen molar-refractivity contribution >= 4 is 12.1 Å². The number of ether oxygens (including phenoxy) is 1. The average Bonchev–Trinajstić information content (AvgIpc) is 3.56. The van der Waals surface area contributed by atoms with Crippen molar-refractivity contribution in [1.82, 2.24) is 10.1 Å². The van der Waals surface area contributed by atoms with Gasteiger partial charge in [0.25, 0.3) is 0 Å². The first-order valence-corrected chi connectivity index (χ1v) is 12.4. The molecule has 7 nitrogen and oxygen atoms in total. The minimum Gasteiger partial charge on any atom is -0.481 e. The number of nitrogens with zero attached hydrogens (tertiary/aromatic N) is 2. The van der Waals surface area contributed by atoms with Crippen LogP contribution in [0.15, 0.2) is 83.4 Å². The Kier molecular flexibility index (Phi) is 5.56. The number of aliphatic carboxylic acids is 1. The number of aryl methyl sites for hydroxylation is 1. The molecule has 7 heteroatoms. The third-order valence-electron chi connectivity index (χ3n) is 7.45. The van der Waals surface area contributed by atoms with E-state index in [1.807, 2.05) is 85.8 Å². The van der Waals surface area contributed by atoms with Crippen LogP contribution in [-0.2, 0) is 21.5 Å². The van der Waals surface area contributed by atoms with Crippen molar-refractivity contribution in [2.24, 2.45) is 0 Å². The monoisotopic (exact) mass is 494 g/mol. The van der Waals surface area contributed by atoms with E-state index in [1.54, 1.807) is 4.90 Å². The van der Waals surface area contributed by atoms with Crippen molar-refractivity contribution < 1.29 is 24.0 Å². The largest absolute Gasteiger partial charge is 0.481 e. The molecule has 186 valence electrons. The molecular weight excluding hydrogens is 468 g/mol. The fourth-order valence-electron chi connectivity index (χ4n) is 5.11. The zero-order valence-corrected chi connectivity index (χ0v) is 20.4. The predicted molar refractivity (Wildman–Crippen MR) is 137 cm³/mol. The first-order valence-electron chi connectivity index (χ1n) is 12.4. The van der Waals surface area contributed by atoms with E-state index in [4.69, 9.17) is 9.26 Å². The van der Waals surface area contributed by atoms with Gasteiger partial charge >= 0.3 is 12.1 Å². The minimum atomic E-state index is -0.860. The number of hydrogen-bond acceptors (Lipinski definition) is 5. The predicted octanol–water partition coefficient (Wildman–Crippen LogP) is 6.13. The van der Waals surface area contributed by atoms with Crippen molar-refractivity contribution in [2.75, 3.05) is 6.54 Å². The van der Waals surface area contributed by atoms with Gasteiger partial charge < -0.3 is 14.4 Å². The summed E-state index contributed by atoms with van der Waals surface area (Å²) >= 11 is 0. The van der Waals surface area contributed by atoms with Crippen LogP contribution in [0.3, 0.4) is 0 Å². The van der Waals surface area contributed by atoms with Crippen LogP contribution in [-0.4, -0.2) is 33.8 Å². The highest BCUT2D eigenvalue weighted by Gasteiger charge is 2.52. The van der Waals surface area contributed by atoms with Gasteiger partial charge in [-0.25, -0.2) is 4.79 Å². The summed E-state index contributed by atoms with van der Waals surface area (Å²) in [5, 5.41) is 14.2. The molecule has 1 N–H and O–H groups in total. The number of cyclic esters (lactones) is 1. The lowest BCUT2D eigenvalue weighted by molar-refractivity contribution is -0.140. The number of carboxylic acid groups (broad SMARTS) is 1. The van der Waals surface area contributed by atoms with E-state index >= 15 is 0 Å². The fraction of sp³-hybridized carbons (Fsp3) is 0.233. The maximum atomic E-state index is 12.8. The molecule has 6 rings (SSSR count). The van der Waals surface area contributed by atoms with Crippen molar-refractivity contribution in [3.05, 3.63) is 101 Å². The van der Waals surface area contributed by atoms with E-state index in [0.29, 0.717) is 30.8 Å². The van der Waals surface area contributed by atoms with Gasteiger partial charge in [0, 0.05) is 11.1 Å². The van der Waals surface area contributed by atoms with Gasteiger partial charge in [-0.3, -0.25) is 9.69 Å². The lowest BCUT2D eigenvalue weighted by atomic mass is 9.88. The molecule has 2 aliphatic rings. The number of aromatic nitrogens is 1. The van der Waals surface area contributed by atoms with Gasteiger partial charge in [-0.2, -0.15) is 0 Å². The van der Waals surface area contributed by atoms with Crippen molar-refractivity contribution in [3.8, 4) is 22.5 Å². The maximum Gasteiger partial charge on any atom is 0.410 e. The topological polar surface area (TPSA) is 92.9 Å². The van der Waals surface area contributed by atoms with Crippen LogP contribution in [0, 0.1) is 6.92 Å². The van der Waals surface area contributed by atoms with Gasteiger partial charge in [0.2, 0.25) is 0 Å². The molecular formula is C30H26N2O5. The Morgan fingerprint density at radius 3 is 2.41 bits per heavy atom. The van der Waals surface area contributed by atoms with Gasteiger partial charge in [0.15, 0.2) is 5.76 Å². The molecule has 1 aromatic heterocycles. The Balaban J connectivity index is 1.40. The summed E-state index contributed by atoms with van der Waals surface area (Å²) in [6.07, 6.45) is 0.482. The number of hydrogen-bond donors (Lipinski definition) is 1. The Hall–Kier alpha value is -4.39. The molecule has 0 radical (unpaired) electrons. The summed E-state index contributed by atoms with van der Waals surface area (Å²) in [5.41, 5.74) is 4.94. The third kappa shape index (κ3) is 4.06. The highest BCUT2D eigenvalue weighted by molar-refractivity contribution is 5.88. The van der Waals surface area contributed by atoms with Gasteiger partial charge in [-0.1, -0.05) is 78.0 Å². The summed E-state index contributed by atoms with van der Waals surface area (Å²) in [6, 6.07) is 25.4. The maximum absolute atomic E-state index is 12.8. The highest BCUT2D eigenvalue weighted by Crippen LogP contribution is 2.50. The summed E-state index contributed by atoms with van der Waals surface area (Å²) in [6.45, 7) is 2.54. The standard InChI is InChI=1S/C30H26N2O5/c1-19-25(17-32-18-26(36-29(32)35)21-10-6-3-7-11-21)27(37-31-19)24-16-22(30(14-15-30)28(33)34)12-13-23(24)20-8-4-2-5-9-20/h2-13,16,26H,14-15,17-18H2,1H3,(H,33,34). The molecule has 1 aliphatic heterocycles. The van der Waals surface area contributed by atoms with Crippen molar-refractivity contribution in [2.45, 2.75) is 37.8 Å². The van der Waals surface area contributed by atoms with Gasteiger partial charge in [-0.05, 0) is 48.1 Å². The Labute approximate surface area is 214 Å². The van der Waals surface area contributed by atoms with Gasteiger partial charge in [0.1, 0.15) is 6.10 Å². The second kappa shape index (κ2) is 8.92. The van der Waals surface area contributed by atoms with Crippen LogP contribution in [0.2, 0.25) is 0 Å². The third-order valence-corrected chi connectivity index (χ3v) is 7.45. The summed E-state index contributed by atoms with van der Waals surface area (Å²) in [5.74, 6) is -0.276. The second-order valence-electron chi connectivity index (χ2n) is 9.75. The summed E-state index contributed by atoms with van der Waals surface area (Å²) in [7, 11) is 0. The highest BCUT2D eigenvalue weighted by atomic mass is 16.6. The molecule has 1 saturated heterocycles. The molecule has 4 aromatic rings. The molecule has 1 amide bonds. The van der Waals surface area contributed by atoms with E-state index in [9.17, 15) is 14.7 Å². The molecule has 1 aliphatic carbocycles. The van der Waals surface area contributed by atoms with Crippen LogP contribution in [0.25, 0.3) is 22.5 Å². The van der Waals surface area contributed by atoms with Gasteiger partial charge in [0.05, 0.1) is 24.2 Å². The zero-order valence-electron chi connectivity index (χ0n) is 20.4. The number of rotatable bonds is 7. The number of amides is 1. The molecule has 3 aromatic carbocycles. The number of carbonyl (C=O) groups excluding carboxylic acids is 1. The van der Waals surface area contributed by atoms with Crippen LogP contribution in [0.1, 0.15) is 41.3 Å². The molecule has 1 atom stereocenters. The Morgan fingerprint density at radius 2 is 1.73 bits per heavy atom. The van der Waals surface area contributed by atoms with Crippen molar-refractivity contribution in [1.29, 1.82) is 0 Å². The van der Waals surface area contributed by atoms with Crippen LogP contribution in [0.4, 0.5) is 4.79 Å². The molecule has 37 heavy (non-hydrogen) atoms. The number of carboxylic acids is 1. The zero-order chi connectivity index (χ0) is 25.6. The fourth-order valence-corrected chi connectivity index (χ4v) is 5.11. The normalized spacial score (nSPS) is 18.0. The Morgan fingerprint density at radius 1 is 1.03 bits per heavy atom. The van der Waals surface area contributed by atoms with Crippen LogP contribution >= 0.6 is 0 Å². The van der Waals surface area contributed by atoms with E-state index < -0.39 is 11.4 Å². The van der Waals surface area contributed by atoms with E-state index in [1.165, 1.54) is 0 Å². The quantitative estimate of drug-likeness (QED) is 0.332. The molecule has 1 unspecified atom stereocenters. The lowest BCUT2D eigenvalue weighted by Crippen LogP contribution is -2.24. The van der Waals surface area contributed by atoms with E-state index in [2.05, 4.69) is 5.16 Å². The number of benzene rings is 3. The van der Waals surface area contributed by atoms with Crippen LogP contribution in [0.5, 0.6) is 0 Å². The molecule has 2 heterocycles.